The molecule has 3 heterocycles. The summed E-state index contributed by atoms with van der Waals surface area (Å²) in [6.45, 7) is 10.4. The number of hydrogen-bond acceptors (Lipinski definition) is 3. The summed E-state index contributed by atoms with van der Waals surface area (Å²) in [5.74, 6) is 0.862. The molecule has 2 saturated heterocycles. The maximum absolute atomic E-state index is 5.72. The van der Waals surface area contributed by atoms with Crippen LogP contribution in [0.25, 0.3) is 0 Å². The van der Waals surface area contributed by atoms with Crippen LogP contribution in [0.4, 0.5) is 0 Å². The van der Waals surface area contributed by atoms with E-state index in [-0.39, 0.29) is 0 Å². The minimum atomic E-state index is 0.814. The van der Waals surface area contributed by atoms with E-state index in [9.17, 15) is 0 Å². The third-order valence-corrected chi connectivity index (χ3v) is 5.82. The molecule has 0 saturated carbocycles. The van der Waals surface area contributed by atoms with Crippen LogP contribution in [0, 0.1) is 19.8 Å². The maximum Gasteiger partial charge on any atom is 0.0839 e. The highest BCUT2D eigenvalue weighted by Gasteiger charge is 2.23. The normalized spacial score (nSPS) is 20.3. The van der Waals surface area contributed by atoms with E-state index in [4.69, 9.17) is 12.2 Å². The maximum atomic E-state index is 5.72. The van der Waals surface area contributed by atoms with E-state index >= 15 is 0 Å². The summed E-state index contributed by atoms with van der Waals surface area (Å²) in [7, 11) is 0. The number of pyridine rings is 1. The van der Waals surface area contributed by atoms with Gasteiger partial charge in [-0.2, -0.15) is 0 Å². The van der Waals surface area contributed by atoms with Gasteiger partial charge < -0.3 is 9.80 Å². The average Bonchev–Trinajstić information content (AvgIpc) is 2.55. The van der Waals surface area contributed by atoms with E-state index in [0.29, 0.717) is 0 Å². The van der Waals surface area contributed by atoms with Gasteiger partial charge in [-0.25, -0.2) is 0 Å². The molecule has 0 N–H and O–H groups in total. The molecule has 0 amide bonds. The van der Waals surface area contributed by atoms with Crippen LogP contribution < -0.4 is 0 Å². The first-order valence-corrected chi connectivity index (χ1v) is 9.95. The van der Waals surface area contributed by atoms with E-state index in [1.54, 1.807) is 0 Å². The van der Waals surface area contributed by atoms with Gasteiger partial charge in [0.2, 0.25) is 0 Å². The first kappa shape index (κ1) is 17.8. The molecule has 132 valence electrons. The zero-order valence-corrected chi connectivity index (χ0v) is 16.1. The molecule has 0 spiro atoms. The van der Waals surface area contributed by atoms with Gasteiger partial charge in [-0.05, 0) is 76.2 Å². The highest BCUT2D eigenvalue weighted by Crippen LogP contribution is 2.21. The summed E-state index contributed by atoms with van der Waals surface area (Å²) in [5.41, 5.74) is 3.49. The lowest BCUT2D eigenvalue weighted by atomic mass is 9.95. The zero-order chi connectivity index (χ0) is 16.9. The fourth-order valence-electron chi connectivity index (χ4n) is 4.15. The molecule has 1 aromatic heterocycles. The van der Waals surface area contributed by atoms with Crippen LogP contribution in [-0.4, -0.2) is 52.5 Å². The van der Waals surface area contributed by atoms with Gasteiger partial charge in [-0.15, -0.1) is 0 Å². The number of thiocarbonyl (C=S) groups is 1. The van der Waals surface area contributed by atoms with E-state index < -0.39 is 0 Å². The zero-order valence-electron chi connectivity index (χ0n) is 15.3. The van der Waals surface area contributed by atoms with Gasteiger partial charge in [0.05, 0.1) is 4.99 Å². The van der Waals surface area contributed by atoms with Crippen molar-refractivity contribution in [3.63, 3.8) is 0 Å². The first-order chi connectivity index (χ1) is 11.6. The largest absolute Gasteiger partial charge is 0.366 e. The number of aryl methyl sites for hydroxylation is 2. The summed E-state index contributed by atoms with van der Waals surface area (Å²) in [4.78, 5) is 10.8. The highest BCUT2D eigenvalue weighted by molar-refractivity contribution is 7.80. The van der Waals surface area contributed by atoms with Crippen molar-refractivity contribution in [1.29, 1.82) is 0 Å². The Labute approximate surface area is 152 Å². The number of hydrogen-bond donors (Lipinski definition) is 0. The van der Waals surface area contributed by atoms with Gasteiger partial charge in [-0.1, -0.05) is 18.6 Å². The first-order valence-electron chi connectivity index (χ1n) is 9.54. The second kappa shape index (κ2) is 8.39. The number of aromatic nitrogens is 1. The molecule has 0 aliphatic carbocycles. The molecule has 0 aromatic carbocycles. The topological polar surface area (TPSA) is 19.4 Å². The molecule has 3 nitrogen and oxygen atoms in total. The quantitative estimate of drug-likeness (QED) is 0.774. The highest BCUT2D eigenvalue weighted by atomic mass is 32.1. The number of piperidine rings is 2. The van der Waals surface area contributed by atoms with Crippen LogP contribution in [0.1, 0.15) is 49.1 Å². The van der Waals surface area contributed by atoms with Crippen LogP contribution in [0.2, 0.25) is 0 Å². The lowest BCUT2D eigenvalue weighted by Gasteiger charge is -2.37. The van der Waals surface area contributed by atoms with Gasteiger partial charge in [0.25, 0.3) is 0 Å². The molecule has 1 aromatic rings. The third kappa shape index (κ3) is 5.00. The van der Waals surface area contributed by atoms with E-state index in [1.165, 1.54) is 57.3 Å². The van der Waals surface area contributed by atoms with Gasteiger partial charge >= 0.3 is 0 Å². The Balaban J connectivity index is 1.46. The van der Waals surface area contributed by atoms with Crippen molar-refractivity contribution in [1.82, 2.24) is 14.8 Å². The average molecular weight is 346 g/mol. The summed E-state index contributed by atoms with van der Waals surface area (Å²) in [6.07, 6.45) is 7.61. The number of rotatable bonds is 4. The summed E-state index contributed by atoms with van der Waals surface area (Å²) in [5, 5.41) is 0. The minimum Gasteiger partial charge on any atom is -0.366 e. The number of nitrogens with zero attached hydrogens (tertiary/aromatic N) is 3. The van der Waals surface area contributed by atoms with Gasteiger partial charge in [0, 0.05) is 37.4 Å². The molecule has 4 heteroatoms. The van der Waals surface area contributed by atoms with Crippen LogP contribution >= 0.6 is 12.2 Å². The van der Waals surface area contributed by atoms with Crippen molar-refractivity contribution in [2.45, 2.75) is 52.4 Å². The predicted molar refractivity (Wildman–Crippen MR) is 105 cm³/mol. The fourth-order valence-corrected chi connectivity index (χ4v) is 4.48. The van der Waals surface area contributed by atoms with E-state index in [0.717, 1.165) is 41.8 Å². The Morgan fingerprint density at radius 3 is 2.46 bits per heavy atom. The SMILES string of the molecule is Cc1cc(C)nc(CC(=S)N2CCC(CN3CCCCC3)CC2)c1. The van der Waals surface area contributed by atoms with Gasteiger partial charge in [0.15, 0.2) is 0 Å². The predicted octanol–water partition coefficient (Wildman–Crippen LogP) is 3.77. The molecule has 24 heavy (non-hydrogen) atoms. The monoisotopic (exact) mass is 345 g/mol. The van der Waals surface area contributed by atoms with Crippen LogP contribution in [-0.2, 0) is 6.42 Å². The van der Waals surface area contributed by atoms with Crippen LogP contribution in [0.15, 0.2) is 12.1 Å². The second-order valence-corrected chi connectivity index (χ2v) is 8.11. The Bertz CT molecular complexity index is 538. The third-order valence-electron chi connectivity index (χ3n) is 5.42. The second-order valence-electron chi connectivity index (χ2n) is 7.64. The summed E-state index contributed by atoms with van der Waals surface area (Å²) >= 11 is 5.72. The van der Waals surface area contributed by atoms with Crippen LogP contribution in [0.3, 0.4) is 0 Å². The Morgan fingerprint density at radius 1 is 1.08 bits per heavy atom. The molecular weight excluding hydrogens is 314 g/mol. The molecule has 0 atom stereocenters. The van der Waals surface area contributed by atoms with Gasteiger partial charge in [0.1, 0.15) is 0 Å². The van der Waals surface area contributed by atoms with Crippen molar-refractivity contribution in [3.8, 4) is 0 Å². The molecule has 2 aliphatic rings. The van der Waals surface area contributed by atoms with Gasteiger partial charge in [-0.3, -0.25) is 4.98 Å². The Hall–Kier alpha value is -1.00. The fraction of sp³-hybridized carbons (Fsp3) is 0.700. The van der Waals surface area contributed by atoms with Crippen molar-refractivity contribution in [2.75, 3.05) is 32.7 Å². The van der Waals surface area contributed by atoms with E-state index in [1.807, 2.05) is 0 Å². The lowest BCUT2D eigenvalue weighted by Crippen LogP contribution is -2.42. The molecular formula is C20H31N3S. The molecule has 0 radical (unpaired) electrons. The summed E-state index contributed by atoms with van der Waals surface area (Å²) in [6, 6.07) is 4.29. The standard InChI is InChI=1S/C20H31N3S/c1-16-12-17(2)21-19(13-16)14-20(24)23-10-6-18(7-11-23)15-22-8-4-3-5-9-22/h12-13,18H,3-11,14-15H2,1-2H3. The van der Waals surface area contributed by atoms with Crippen molar-refractivity contribution in [3.05, 3.63) is 29.1 Å². The molecule has 2 fully saturated rings. The summed E-state index contributed by atoms with van der Waals surface area (Å²) < 4.78 is 0. The van der Waals surface area contributed by atoms with Crippen molar-refractivity contribution in [2.24, 2.45) is 5.92 Å². The molecule has 0 unspecified atom stereocenters. The van der Waals surface area contributed by atoms with Crippen LogP contribution in [0.5, 0.6) is 0 Å². The Morgan fingerprint density at radius 2 is 1.79 bits per heavy atom. The van der Waals surface area contributed by atoms with Crippen molar-refractivity contribution < 1.29 is 0 Å². The number of likely N-dealkylation sites (tertiary alicyclic amines) is 2. The molecule has 3 rings (SSSR count). The van der Waals surface area contributed by atoms with Crippen molar-refractivity contribution >= 4 is 17.2 Å². The Kier molecular flexibility index (Phi) is 6.23. The smallest absolute Gasteiger partial charge is 0.0839 e. The molecule has 2 aliphatic heterocycles. The minimum absolute atomic E-state index is 0.814. The molecule has 0 bridgehead atoms. The lowest BCUT2D eigenvalue weighted by molar-refractivity contribution is 0.159. The van der Waals surface area contributed by atoms with E-state index in [2.05, 4.69) is 40.8 Å².